The molecule has 0 aliphatic carbocycles. The van der Waals surface area contributed by atoms with Crippen LogP contribution >= 0.6 is 0 Å². The zero-order valence-corrected chi connectivity index (χ0v) is 16.7. The lowest BCUT2D eigenvalue weighted by Crippen LogP contribution is -2.45. The second kappa shape index (κ2) is 7.68. The highest BCUT2D eigenvalue weighted by atomic mass is 32.2. The number of amides is 1. The molecule has 2 aliphatic heterocycles. The average molecular weight is 384 g/mol. The first-order valence-corrected chi connectivity index (χ1v) is 11.4. The number of sulfone groups is 1. The lowest BCUT2D eigenvalue weighted by atomic mass is 10.0. The van der Waals surface area contributed by atoms with Gasteiger partial charge in [-0.25, -0.2) is 13.4 Å². The summed E-state index contributed by atoms with van der Waals surface area (Å²) in [5, 5.41) is 0. The minimum Gasteiger partial charge on any atom is -0.444 e. The zero-order valence-electron chi connectivity index (χ0n) is 15.8. The van der Waals surface area contributed by atoms with Crippen LogP contribution in [0.25, 0.3) is 0 Å². The third kappa shape index (κ3) is 4.85. The quantitative estimate of drug-likeness (QED) is 0.743. The summed E-state index contributed by atoms with van der Waals surface area (Å²) < 4.78 is 28.7. The normalized spacial score (nSPS) is 23.3. The Balaban J connectivity index is 1.49. The van der Waals surface area contributed by atoms with Crippen molar-refractivity contribution in [1.29, 1.82) is 0 Å². The SMILES string of the molecule is CC(C)c1cnc(CN2CCC(N3CC(CS(C)(=O)=O)CC3=O)CC2)o1. The highest BCUT2D eigenvalue weighted by Gasteiger charge is 2.37. The predicted molar refractivity (Wildman–Crippen MR) is 98.4 cm³/mol. The van der Waals surface area contributed by atoms with Crippen LogP contribution in [0.3, 0.4) is 0 Å². The van der Waals surface area contributed by atoms with E-state index < -0.39 is 9.84 Å². The number of aromatic nitrogens is 1. The maximum atomic E-state index is 12.3. The van der Waals surface area contributed by atoms with Gasteiger partial charge in [0, 0.05) is 44.3 Å². The Kier molecular flexibility index (Phi) is 5.72. The molecule has 0 radical (unpaired) electrons. The average Bonchev–Trinajstić information content (AvgIpc) is 3.13. The van der Waals surface area contributed by atoms with Crippen molar-refractivity contribution in [2.75, 3.05) is 31.6 Å². The topological polar surface area (TPSA) is 83.7 Å². The summed E-state index contributed by atoms with van der Waals surface area (Å²) in [6.07, 6.45) is 5.23. The van der Waals surface area contributed by atoms with Gasteiger partial charge in [0.05, 0.1) is 18.5 Å². The fourth-order valence-electron chi connectivity index (χ4n) is 3.95. The van der Waals surface area contributed by atoms with Crippen LogP contribution in [0, 0.1) is 5.92 Å². The van der Waals surface area contributed by atoms with Crippen molar-refractivity contribution in [3.05, 3.63) is 17.8 Å². The molecule has 1 aromatic heterocycles. The van der Waals surface area contributed by atoms with Crippen molar-refractivity contribution in [3.63, 3.8) is 0 Å². The van der Waals surface area contributed by atoms with Gasteiger partial charge in [-0.15, -0.1) is 0 Å². The summed E-state index contributed by atoms with van der Waals surface area (Å²) in [6, 6.07) is 0.221. The zero-order chi connectivity index (χ0) is 18.9. The molecule has 8 heteroatoms. The number of carbonyl (C=O) groups excluding carboxylic acids is 1. The van der Waals surface area contributed by atoms with Crippen LogP contribution in [0.2, 0.25) is 0 Å². The van der Waals surface area contributed by atoms with Gasteiger partial charge in [-0.05, 0) is 18.8 Å². The Morgan fingerprint density at radius 2 is 2.00 bits per heavy atom. The molecule has 7 nitrogen and oxygen atoms in total. The molecule has 146 valence electrons. The molecule has 1 amide bonds. The molecule has 2 saturated heterocycles. The van der Waals surface area contributed by atoms with Gasteiger partial charge in [0.1, 0.15) is 15.6 Å². The maximum absolute atomic E-state index is 12.3. The molecule has 3 rings (SSSR count). The number of rotatable bonds is 6. The van der Waals surface area contributed by atoms with Crippen molar-refractivity contribution in [3.8, 4) is 0 Å². The van der Waals surface area contributed by atoms with Gasteiger partial charge in [-0.3, -0.25) is 9.69 Å². The molecule has 1 atom stereocenters. The summed E-state index contributed by atoms with van der Waals surface area (Å²) in [5.74, 6) is 2.15. The van der Waals surface area contributed by atoms with E-state index in [4.69, 9.17) is 4.42 Å². The van der Waals surface area contributed by atoms with Gasteiger partial charge in [0.2, 0.25) is 11.8 Å². The Bertz CT molecular complexity index is 735. The van der Waals surface area contributed by atoms with Crippen LogP contribution in [0.5, 0.6) is 0 Å². The molecular weight excluding hydrogens is 354 g/mol. The summed E-state index contributed by atoms with van der Waals surface area (Å²) >= 11 is 0. The van der Waals surface area contributed by atoms with Crippen LogP contribution in [0.15, 0.2) is 10.6 Å². The van der Waals surface area contributed by atoms with E-state index in [0.717, 1.165) is 37.6 Å². The summed E-state index contributed by atoms with van der Waals surface area (Å²) in [4.78, 5) is 20.9. The summed E-state index contributed by atoms with van der Waals surface area (Å²) in [6.45, 7) is 7.23. The summed E-state index contributed by atoms with van der Waals surface area (Å²) in [5.41, 5.74) is 0. The standard InChI is InChI=1S/C18H29N3O4S/c1-13(2)16-9-19-17(25-16)11-20-6-4-15(5-7-20)21-10-14(8-18(21)22)12-26(3,23)24/h9,13-15H,4-8,10-12H2,1-3H3. The molecule has 0 aromatic carbocycles. The minimum absolute atomic E-state index is 0.0581. The van der Waals surface area contributed by atoms with Gasteiger partial charge in [-0.1, -0.05) is 13.8 Å². The van der Waals surface area contributed by atoms with E-state index in [2.05, 4.69) is 23.7 Å². The van der Waals surface area contributed by atoms with Crippen LogP contribution in [-0.2, 0) is 21.2 Å². The number of carbonyl (C=O) groups is 1. The van der Waals surface area contributed by atoms with Gasteiger partial charge in [-0.2, -0.15) is 0 Å². The van der Waals surface area contributed by atoms with Gasteiger partial charge in [0.25, 0.3) is 0 Å². The van der Waals surface area contributed by atoms with Crippen molar-refractivity contribution in [1.82, 2.24) is 14.8 Å². The molecule has 3 heterocycles. The molecule has 1 unspecified atom stereocenters. The fraction of sp³-hybridized carbons (Fsp3) is 0.778. The van der Waals surface area contributed by atoms with E-state index in [1.54, 1.807) is 6.20 Å². The summed E-state index contributed by atoms with van der Waals surface area (Å²) in [7, 11) is -3.04. The molecule has 2 fully saturated rings. The Morgan fingerprint density at radius 3 is 2.58 bits per heavy atom. The van der Waals surface area contributed by atoms with E-state index in [1.807, 2.05) is 4.90 Å². The van der Waals surface area contributed by atoms with Gasteiger partial charge < -0.3 is 9.32 Å². The van der Waals surface area contributed by atoms with E-state index in [9.17, 15) is 13.2 Å². The second-order valence-electron chi connectivity index (χ2n) is 8.03. The Labute approximate surface area is 155 Å². The van der Waals surface area contributed by atoms with E-state index in [0.29, 0.717) is 25.4 Å². The van der Waals surface area contributed by atoms with Gasteiger partial charge >= 0.3 is 0 Å². The lowest BCUT2D eigenvalue weighted by Gasteiger charge is -2.36. The van der Waals surface area contributed by atoms with Crippen LogP contribution in [0.1, 0.15) is 50.7 Å². The molecule has 0 N–H and O–H groups in total. The number of nitrogens with zero attached hydrogens (tertiary/aromatic N) is 3. The third-order valence-electron chi connectivity index (χ3n) is 5.27. The first-order chi connectivity index (χ1) is 12.2. The molecular formula is C18H29N3O4S. The fourth-order valence-corrected chi connectivity index (χ4v) is 5.03. The molecule has 0 saturated carbocycles. The predicted octanol–water partition coefficient (Wildman–Crippen LogP) is 1.66. The smallest absolute Gasteiger partial charge is 0.223 e. The van der Waals surface area contributed by atoms with Crippen molar-refractivity contribution in [2.24, 2.45) is 5.92 Å². The molecule has 2 aliphatic rings. The number of piperidine rings is 1. The second-order valence-corrected chi connectivity index (χ2v) is 10.2. The first-order valence-electron chi connectivity index (χ1n) is 9.35. The largest absolute Gasteiger partial charge is 0.444 e. The van der Waals surface area contributed by atoms with Crippen LogP contribution in [0.4, 0.5) is 0 Å². The van der Waals surface area contributed by atoms with Crippen LogP contribution < -0.4 is 0 Å². The number of oxazole rings is 1. The molecule has 0 bridgehead atoms. The van der Waals surface area contributed by atoms with Crippen molar-refractivity contribution in [2.45, 2.75) is 51.6 Å². The highest BCUT2D eigenvalue weighted by Crippen LogP contribution is 2.27. The highest BCUT2D eigenvalue weighted by molar-refractivity contribution is 7.90. The third-order valence-corrected chi connectivity index (χ3v) is 6.35. The molecule has 0 spiro atoms. The maximum Gasteiger partial charge on any atom is 0.223 e. The van der Waals surface area contributed by atoms with E-state index in [1.165, 1.54) is 6.26 Å². The van der Waals surface area contributed by atoms with E-state index in [-0.39, 0.29) is 23.6 Å². The Morgan fingerprint density at radius 1 is 1.31 bits per heavy atom. The van der Waals surface area contributed by atoms with Crippen LogP contribution in [-0.4, -0.2) is 66.8 Å². The molecule has 1 aromatic rings. The number of hydrogen-bond acceptors (Lipinski definition) is 6. The first kappa shape index (κ1) is 19.4. The lowest BCUT2D eigenvalue weighted by molar-refractivity contribution is -0.130. The molecule has 26 heavy (non-hydrogen) atoms. The van der Waals surface area contributed by atoms with Crippen molar-refractivity contribution >= 4 is 15.7 Å². The monoisotopic (exact) mass is 383 g/mol. The minimum atomic E-state index is -3.04. The van der Waals surface area contributed by atoms with Gasteiger partial charge in [0.15, 0.2) is 0 Å². The van der Waals surface area contributed by atoms with E-state index >= 15 is 0 Å². The Hall–Kier alpha value is -1.41. The number of hydrogen-bond donors (Lipinski definition) is 0. The number of likely N-dealkylation sites (tertiary alicyclic amines) is 2. The van der Waals surface area contributed by atoms with Crippen molar-refractivity contribution < 1.29 is 17.6 Å².